The van der Waals surface area contributed by atoms with E-state index in [-0.39, 0.29) is 23.3 Å². The van der Waals surface area contributed by atoms with Gasteiger partial charge in [-0.25, -0.2) is 4.98 Å². The van der Waals surface area contributed by atoms with Gasteiger partial charge in [-0.2, -0.15) is 26.3 Å². The van der Waals surface area contributed by atoms with Gasteiger partial charge in [-0.3, -0.25) is 9.36 Å². The molecule has 1 heterocycles. The SMILES string of the molecule is Cc1ccccc1Cc1nc2ccccc2c(=O)n1-c1ccc(C(O)(C(F)(F)F)C(F)(F)F)cc1. The van der Waals surface area contributed by atoms with Crippen molar-refractivity contribution in [3.8, 4) is 5.69 Å². The van der Waals surface area contributed by atoms with Crippen LogP contribution in [-0.2, 0) is 12.0 Å². The highest BCUT2D eigenvalue weighted by Crippen LogP contribution is 2.50. The summed E-state index contributed by atoms with van der Waals surface area (Å²) in [5.74, 6) is 0.248. The molecule has 4 aromatic rings. The van der Waals surface area contributed by atoms with Gasteiger partial charge in [0.05, 0.1) is 16.6 Å². The van der Waals surface area contributed by atoms with Gasteiger partial charge in [0.1, 0.15) is 5.82 Å². The van der Waals surface area contributed by atoms with Gasteiger partial charge < -0.3 is 5.11 Å². The summed E-state index contributed by atoms with van der Waals surface area (Å²) in [6.07, 6.45) is -11.8. The zero-order chi connectivity index (χ0) is 25.6. The number of aliphatic hydroxyl groups is 1. The monoisotopic (exact) mass is 492 g/mol. The third-order valence-corrected chi connectivity index (χ3v) is 5.82. The highest BCUT2D eigenvalue weighted by molar-refractivity contribution is 5.77. The Hall–Kier alpha value is -3.66. The van der Waals surface area contributed by atoms with Crippen molar-refractivity contribution in [2.45, 2.75) is 31.3 Å². The van der Waals surface area contributed by atoms with Crippen molar-refractivity contribution in [3.05, 3.63) is 106 Å². The molecule has 0 bridgehead atoms. The molecular weight excluding hydrogens is 474 g/mol. The smallest absolute Gasteiger partial charge is 0.369 e. The van der Waals surface area contributed by atoms with Crippen molar-refractivity contribution in [1.29, 1.82) is 0 Å². The molecular formula is C25H18F6N2O2. The fourth-order valence-corrected chi connectivity index (χ4v) is 3.88. The number of rotatable bonds is 4. The molecule has 0 radical (unpaired) electrons. The number of alkyl halides is 6. The number of hydrogen-bond acceptors (Lipinski definition) is 3. The van der Waals surface area contributed by atoms with Crippen molar-refractivity contribution in [3.63, 3.8) is 0 Å². The fraction of sp³-hybridized carbons (Fsp3) is 0.200. The van der Waals surface area contributed by atoms with Crippen molar-refractivity contribution < 1.29 is 31.4 Å². The lowest BCUT2D eigenvalue weighted by molar-refractivity contribution is -0.376. The lowest BCUT2D eigenvalue weighted by Gasteiger charge is -2.32. The quantitative estimate of drug-likeness (QED) is 0.378. The van der Waals surface area contributed by atoms with Crippen LogP contribution in [0.25, 0.3) is 16.6 Å². The number of benzene rings is 3. The molecule has 4 nitrogen and oxygen atoms in total. The van der Waals surface area contributed by atoms with E-state index in [0.29, 0.717) is 17.6 Å². The summed E-state index contributed by atoms with van der Waals surface area (Å²) in [6, 6.07) is 16.7. The Morgan fingerprint density at radius 1 is 0.829 bits per heavy atom. The summed E-state index contributed by atoms with van der Waals surface area (Å²) in [4.78, 5) is 17.9. The second-order valence-corrected chi connectivity index (χ2v) is 8.04. The zero-order valence-corrected chi connectivity index (χ0v) is 18.2. The predicted molar refractivity (Wildman–Crippen MR) is 117 cm³/mol. The molecule has 0 aliphatic heterocycles. The molecule has 0 atom stereocenters. The Morgan fingerprint density at radius 2 is 1.40 bits per heavy atom. The fourth-order valence-electron chi connectivity index (χ4n) is 3.88. The van der Waals surface area contributed by atoms with E-state index in [1.807, 2.05) is 25.1 Å². The number of hydrogen-bond donors (Lipinski definition) is 1. The topological polar surface area (TPSA) is 55.1 Å². The highest BCUT2D eigenvalue weighted by Gasteiger charge is 2.71. The Kier molecular flexibility index (Phi) is 5.96. The van der Waals surface area contributed by atoms with Gasteiger partial charge in [-0.1, -0.05) is 48.5 Å². The van der Waals surface area contributed by atoms with Crippen LogP contribution >= 0.6 is 0 Å². The predicted octanol–water partition coefficient (Wildman–Crippen LogP) is 5.60. The van der Waals surface area contributed by atoms with Crippen LogP contribution in [0.15, 0.2) is 77.6 Å². The average Bonchev–Trinajstić information content (AvgIpc) is 2.79. The molecule has 182 valence electrons. The first-order valence-corrected chi connectivity index (χ1v) is 10.4. The largest absolute Gasteiger partial charge is 0.430 e. The van der Waals surface area contributed by atoms with E-state index in [0.717, 1.165) is 27.8 Å². The number of fused-ring (bicyclic) bond motifs is 1. The van der Waals surface area contributed by atoms with Gasteiger partial charge in [0, 0.05) is 12.0 Å². The maximum absolute atomic E-state index is 13.3. The number of halogens is 6. The maximum Gasteiger partial charge on any atom is 0.430 e. The zero-order valence-electron chi connectivity index (χ0n) is 18.2. The Bertz CT molecular complexity index is 1430. The van der Waals surface area contributed by atoms with E-state index in [4.69, 9.17) is 0 Å². The summed E-state index contributed by atoms with van der Waals surface area (Å²) in [5.41, 5.74) is -4.85. The summed E-state index contributed by atoms with van der Waals surface area (Å²) < 4.78 is 80.7. The third-order valence-electron chi connectivity index (χ3n) is 5.82. The number of aromatic nitrogens is 2. The van der Waals surface area contributed by atoms with Crippen LogP contribution in [-0.4, -0.2) is 27.0 Å². The molecule has 0 spiro atoms. The second kappa shape index (κ2) is 8.53. The van der Waals surface area contributed by atoms with Crippen LogP contribution in [0.4, 0.5) is 26.3 Å². The van der Waals surface area contributed by atoms with Gasteiger partial charge in [-0.05, 0) is 42.3 Å². The molecule has 1 N–H and O–H groups in total. The average molecular weight is 492 g/mol. The Morgan fingerprint density at radius 3 is 2.00 bits per heavy atom. The minimum Gasteiger partial charge on any atom is -0.369 e. The molecule has 10 heteroatoms. The number of aryl methyl sites for hydroxylation is 1. The molecule has 0 unspecified atom stereocenters. The van der Waals surface area contributed by atoms with Crippen molar-refractivity contribution in [1.82, 2.24) is 9.55 Å². The minimum atomic E-state index is -6.01. The molecule has 35 heavy (non-hydrogen) atoms. The van der Waals surface area contributed by atoms with Crippen LogP contribution in [0.2, 0.25) is 0 Å². The molecule has 1 aromatic heterocycles. The molecule has 0 aliphatic carbocycles. The van der Waals surface area contributed by atoms with E-state index in [2.05, 4.69) is 4.98 Å². The first-order valence-electron chi connectivity index (χ1n) is 10.4. The molecule has 0 amide bonds. The third kappa shape index (κ3) is 4.18. The second-order valence-electron chi connectivity index (χ2n) is 8.04. The normalized spacial score (nSPS) is 12.8. The van der Waals surface area contributed by atoms with Gasteiger partial charge in [-0.15, -0.1) is 0 Å². The molecule has 3 aromatic carbocycles. The molecule has 4 rings (SSSR count). The minimum absolute atomic E-state index is 0.00675. The van der Waals surface area contributed by atoms with Gasteiger partial charge in [0.15, 0.2) is 0 Å². The molecule has 0 fully saturated rings. The summed E-state index contributed by atoms with van der Waals surface area (Å²) in [5, 5.41) is 9.89. The van der Waals surface area contributed by atoms with Gasteiger partial charge >= 0.3 is 12.4 Å². The first-order chi connectivity index (χ1) is 16.3. The van der Waals surface area contributed by atoms with E-state index in [9.17, 15) is 36.2 Å². The Labute approximate surface area is 195 Å². The van der Waals surface area contributed by atoms with Crippen LogP contribution in [0, 0.1) is 6.92 Å². The summed E-state index contributed by atoms with van der Waals surface area (Å²) in [7, 11) is 0. The van der Waals surface area contributed by atoms with Crippen LogP contribution in [0.3, 0.4) is 0 Å². The van der Waals surface area contributed by atoms with Gasteiger partial charge in [0.2, 0.25) is 0 Å². The van der Waals surface area contributed by atoms with Crippen LogP contribution in [0.1, 0.15) is 22.5 Å². The standard InChI is InChI=1S/C25H18F6N2O2/c1-15-6-2-3-7-16(15)14-21-32-20-9-5-4-8-19(20)22(34)33(21)18-12-10-17(11-13-18)23(35,24(26,27)28)25(29,30)31/h2-13,35H,14H2,1H3. The summed E-state index contributed by atoms with van der Waals surface area (Å²) in [6.45, 7) is 1.86. The molecule has 0 saturated heterocycles. The highest BCUT2D eigenvalue weighted by atomic mass is 19.4. The van der Waals surface area contributed by atoms with E-state index < -0.39 is 29.1 Å². The maximum atomic E-state index is 13.3. The molecule has 0 aliphatic rings. The van der Waals surface area contributed by atoms with Crippen LogP contribution < -0.4 is 5.56 Å². The molecule has 0 saturated carbocycles. The van der Waals surface area contributed by atoms with E-state index in [1.165, 1.54) is 6.07 Å². The van der Waals surface area contributed by atoms with Crippen molar-refractivity contribution >= 4 is 10.9 Å². The van der Waals surface area contributed by atoms with Crippen molar-refractivity contribution in [2.75, 3.05) is 0 Å². The van der Waals surface area contributed by atoms with Crippen molar-refractivity contribution in [2.24, 2.45) is 0 Å². The number of nitrogens with zero attached hydrogens (tertiary/aromatic N) is 2. The van der Waals surface area contributed by atoms with E-state index in [1.54, 1.807) is 24.3 Å². The summed E-state index contributed by atoms with van der Waals surface area (Å²) >= 11 is 0. The van der Waals surface area contributed by atoms with Crippen LogP contribution in [0.5, 0.6) is 0 Å². The number of para-hydroxylation sites is 1. The lowest BCUT2D eigenvalue weighted by atomic mass is 9.92. The van der Waals surface area contributed by atoms with E-state index >= 15 is 0 Å². The first kappa shape index (κ1) is 24.5. The Balaban J connectivity index is 1.90. The lowest BCUT2D eigenvalue weighted by Crippen LogP contribution is -2.53. The van der Waals surface area contributed by atoms with Gasteiger partial charge in [0.25, 0.3) is 11.2 Å².